The summed E-state index contributed by atoms with van der Waals surface area (Å²) in [6, 6.07) is 6.23. The van der Waals surface area contributed by atoms with Crippen molar-refractivity contribution in [1.82, 2.24) is 5.32 Å². The molecule has 0 atom stereocenters. The van der Waals surface area contributed by atoms with Gasteiger partial charge in [-0.2, -0.15) is 0 Å². The van der Waals surface area contributed by atoms with Crippen LogP contribution in [0.1, 0.15) is 24.5 Å². The fourth-order valence-electron chi connectivity index (χ4n) is 1.51. The maximum atomic E-state index is 5.26. The Morgan fingerprint density at radius 1 is 1.28 bits per heavy atom. The summed E-state index contributed by atoms with van der Waals surface area (Å²) in [4.78, 5) is 0. The van der Waals surface area contributed by atoms with E-state index in [1.165, 1.54) is 11.1 Å². The second-order valence-electron chi connectivity index (χ2n) is 4.23. The number of rotatable bonds is 6. The van der Waals surface area contributed by atoms with E-state index in [-0.39, 0.29) is 0 Å². The van der Waals surface area contributed by atoms with Gasteiger partial charge in [0.2, 0.25) is 0 Å². The first-order chi connectivity index (χ1) is 8.63. The van der Waals surface area contributed by atoms with Crippen molar-refractivity contribution < 1.29 is 4.74 Å². The van der Waals surface area contributed by atoms with Gasteiger partial charge in [-0.05, 0) is 62.7 Å². The van der Waals surface area contributed by atoms with Gasteiger partial charge in [-0.25, -0.2) is 0 Å². The van der Waals surface area contributed by atoms with Crippen molar-refractivity contribution in [2.24, 2.45) is 0 Å². The summed E-state index contributed by atoms with van der Waals surface area (Å²) in [6.07, 6.45) is 0.961. The predicted molar refractivity (Wildman–Crippen MR) is 81.2 cm³/mol. The number of nitrogens with one attached hydrogen (secondary N) is 2. The topological polar surface area (TPSA) is 33.3 Å². The van der Waals surface area contributed by atoms with Crippen LogP contribution in [-0.2, 0) is 4.74 Å². The van der Waals surface area contributed by atoms with Gasteiger partial charge in [-0.3, -0.25) is 0 Å². The van der Waals surface area contributed by atoms with Crippen molar-refractivity contribution in [3.05, 3.63) is 29.3 Å². The highest BCUT2D eigenvalue weighted by Crippen LogP contribution is 2.13. The van der Waals surface area contributed by atoms with Crippen molar-refractivity contribution in [3.8, 4) is 0 Å². The van der Waals surface area contributed by atoms with Crippen LogP contribution < -0.4 is 10.6 Å². The van der Waals surface area contributed by atoms with E-state index in [4.69, 9.17) is 17.0 Å². The van der Waals surface area contributed by atoms with Crippen LogP contribution in [0.3, 0.4) is 0 Å². The Kier molecular flexibility index (Phi) is 6.68. The molecule has 100 valence electrons. The molecule has 0 fully saturated rings. The summed E-state index contributed by atoms with van der Waals surface area (Å²) in [6.45, 7) is 8.57. The number of anilines is 1. The molecule has 3 nitrogen and oxygen atoms in total. The molecule has 1 rings (SSSR count). The SMILES string of the molecule is CCOCCCNC(=S)Nc1ccc(C)c(C)c1. The molecule has 0 bridgehead atoms. The Labute approximate surface area is 115 Å². The zero-order chi connectivity index (χ0) is 13.4. The maximum Gasteiger partial charge on any atom is 0.170 e. The molecule has 2 N–H and O–H groups in total. The van der Waals surface area contributed by atoms with E-state index in [9.17, 15) is 0 Å². The summed E-state index contributed by atoms with van der Waals surface area (Å²) in [5.74, 6) is 0. The Morgan fingerprint density at radius 2 is 2.06 bits per heavy atom. The highest BCUT2D eigenvalue weighted by atomic mass is 32.1. The van der Waals surface area contributed by atoms with Crippen LogP contribution in [0.2, 0.25) is 0 Å². The molecule has 0 aliphatic carbocycles. The quantitative estimate of drug-likeness (QED) is 0.612. The Balaban J connectivity index is 2.29. The number of aryl methyl sites for hydroxylation is 2. The Morgan fingerprint density at radius 3 is 2.72 bits per heavy atom. The lowest BCUT2D eigenvalue weighted by Crippen LogP contribution is -2.29. The number of hydrogen-bond acceptors (Lipinski definition) is 2. The predicted octanol–water partition coefficient (Wildman–Crippen LogP) is 3.02. The van der Waals surface area contributed by atoms with Gasteiger partial charge in [-0.1, -0.05) is 6.07 Å². The first kappa shape index (κ1) is 14.9. The fraction of sp³-hybridized carbons (Fsp3) is 0.500. The standard InChI is InChI=1S/C14H22N2OS/c1-4-17-9-5-8-15-14(18)16-13-7-6-11(2)12(3)10-13/h6-7,10H,4-5,8-9H2,1-3H3,(H2,15,16,18). The van der Waals surface area contributed by atoms with E-state index < -0.39 is 0 Å². The molecule has 0 aliphatic rings. The normalized spacial score (nSPS) is 10.2. The largest absolute Gasteiger partial charge is 0.382 e. The minimum atomic E-state index is 0.662. The summed E-state index contributed by atoms with van der Waals surface area (Å²) in [7, 11) is 0. The zero-order valence-corrected chi connectivity index (χ0v) is 12.2. The molecular weight excluding hydrogens is 244 g/mol. The van der Waals surface area contributed by atoms with E-state index >= 15 is 0 Å². The second-order valence-corrected chi connectivity index (χ2v) is 4.64. The van der Waals surface area contributed by atoms with Gasteiger partial charge in [-0.15, -0.1) is 0 Å². The van der Waals surface area contributed by atoms with Gasteiger partial charge in [0.1, 0.15) is 0 Å². The molecule has 1 aromatic carbocycles. The average Bonchev–Trinajstić information content (AvgIpc) is 2.34. The Hall–Kier alpha value is -1.13. The van der Waals surface area contributed by atoms with Crippen molar-refractivity contribution >= 4 is 23.0 Å². The molecule has 0 amide bonds. The van der Waals surface area contributed by atoms with Crippen LogP contribution in [0.25, 0.3) is 0 Å². The minimum absolute atomic E-state index is 0.662. The lowest BCUT2D eigenvalue weighted by Gasteiger charge is -2.11. The second kappa shape index (κ2) is 8.06. The molecule has 0 heterocycles. The molecule has 0 unspecified atom stereocenters. The smallest absolute Gasteiger partial charge is 0.170 e. The van der Waals surface area contributed by atoms with Gasteiger partial charge in [0, 0.05) is 25.4 Å². The van der Waals surface area contributed by atoms with Crippen molar-refractivity contribution in [2.75, 3.05) is 25.1 Å². The van der Waals surface area contributed by atoms with E-state index in [0.717, 1.165) is 31.9 Å². The lowest BCUT2D eigenvalue weighted by molar-refractivity contribution is 0.146. The highest BCUT2D eigenvalue weighted by molar-refractivity contribution is 7.80. The van der Waals surface area contributed by atoms with Crippen molar-refractivity contribution in [1.29, 1.82) is 0 Å². The third-order valence-electron chi connectivity index (χ3n) is 2.72. The molecule has 0 radical (unpaired) electrons. The minimum Gasteiger partial charge on any atom is -0.382 e. The average molecular weight is 266 g/mol. The molecule has 18 heavy (non-hydrogen) atoms. The summed E-state index contributed by atoms with van der Waals surface area (Å²) < 4.78 is 5.26. The van der Waals surface area contributed by atoms with Crippen molar-refractivity contribution in [2.45, 2.75) is 27.2 Å². The Bertz CT molecular complexity index is 393. The summed E-state index contributed by atoms with van der Waals surface area (Å²) in [5, 5.41) is 7.01. The van der Waals surface area contributed by atoms with Crippen LogP contribution in [-0.4, -0.2) is 24.9 Å². The van der Waals surface area contributed by atoms with Crippen LogP contribution in [0.15, 0.2) is 18.2 Å². The summed E-state index contributed by atoms with van der Waals surface area (Å²) >= 11 is 5.23. The van der Waals surface area contributed by atoms with Gasteiger partial charge < -0.3 is 15.4 Å². The summed E-state index contributed by atoms with van der Waals surface area (Å²) in [5.41, 5.74) is 3.58. The van der Waals surface area contributed by atoms with Gasteiger partial charge in [0.25, 0.3) is 0 Å². The molecule has 4 heteroatoms. The third-order valence-corrected chi connectivity index (χ3v) is 2.97. The van der Waals surface area contributed by atoms with E-state index in [2.05, 4.69) is 36.6 Å². The van der Waals surface area contributed by atoms with Crippen LogP contribution in [0, 0.1) is 13.8 Å². The highest BCUT2D eigenvalue weighted by Gasteiger charge is 1.99. The van der Waals surface area contributed by atoms with Crippen LogP contribution >= 0.6 is 12.2 Å². The molecular formula is C14H22N2OS. The third kappa shape index (κ3) is 5.47. The van der Waals surface area contributed by atoms with Crippen LogP contribution in [0.4, 0.5) is 5.69 Å². The lowest BCUT2D eigenvalue weighted by atomic mass is 10.1. The number of hydrogen-bond donors (Lipinski definition) is 2. The molecule has 0 spiro atoms. The molecule has 0 aromatic heterocycles. The molecule has 1 aromatic rings. The van der Waals surface area contributed by atoms with E-state index in [1.807, 2.05) is 13.0 Å². The van der Waals surface area contributed by atoms with E-state index in [1.54, 1.807) is 0 Å². The van der Waals surface area contributed by atoms with Crippen molar-refractivity contribution in [3.63, 3.8) is 0 Å². The number of thiocarbonyl (C=S) groups is 1. The molecule has 0 saturated heterocycles. The molecule has 0 aliphatic heterocycles. The zero-order valence-electron chi connectivity index (χ0n) is 11.4. The van der Waals surface area contributed by atoms with Gasteiger partial charge >= 0.3 is 0 Å². The first-order valence-corrected chi connectivity index (χ1v) is 6.74. The van der Waals surface area contributed by atoms with Gasteiger partial charge in [0.15, 0.2) is 5.11 Å². The maximum absolute atomic E-state index is 5.26. The van der Waals surface area contributed by atoms with Gasteiger partial charge in [0.05, 0.1) is 0 Å². The monoisotopic (exact) mass is 266 g/mol. The number of ether oxygens (including phenoxy) is 1. The first-order valence-electron chi connectivity index (χ1n) is 6.33. The molecule has 0 saturated carbocycles. The fourth-order valence-corrected chi connectivity index (χ4v) is 1.73. The number of benzene rings is 1. The van der Waals surface area contributed by atoms with Crippen LogP contribution in [0.5, 0.6) is 0 Å². The van der Waals surface area contributed by atoms with E-state index in [0.29, 0.717) is 5.11 Å².